The molecule has 1 aliphatic rings. The number of methoxy groups -OCH3 is 1. The van der Waals surface area contributed by atoms with E-state index in [0.717, 1.165) is 0 Å². The standard InChI is InChI=1S/C16H19NO3/c1-16(2)9-12(8-13(18)10-16)17-15(19)11-4-6-14(20-3)7-5-11/h4-8H,9-10H2,1-3H3,(H,17,19). The first-order valence-electron chi connectivity index (χ1n) is 6.58. The molecule has 1 aromatic rings. The van der Waals surface area contributed by atoms with Crippen LogP contribution in [-0.2, 0) is 4.79 Å². The number of allylic oxidation sites excluding steroid dienone is 2. The van der Waals surface area contributed by atoms with E-state index in [1.165, 1.54) is 6.08 Å². The number of ether oxygens (including phenoxy) is 1. The summed E-state index contributed by atoms with van der Waals surface area (Å²) >= 11 is 0. The summed E-state index contributed by atoms with van der Waals surface area (Å²) in [5.74, 6) is 0.561. The Morgan fingerprint density at radius 1 is 1.20 bits per heavy atom. The van der Waals surface area contributed by atoms with Crippen LogP contribution < -0.4 is 10.1 Å². The third-order valence-corrected chi connectivity index (χ3v) is 3.28. The minimum Gasteiger partial charge on any atom is -0.497 e. The van der Waals surface area contributed by atoms with E-state index in [1.807, 2.05) is 13.8 Å². The van der Waals surface area contributed by atoms with Crippen LogP contribution in [0.15, 0.2) is 36.0 Å². The van der Waals surface area contributed by atoms with E-state index in [4.69, 9.17) is 4.74 Å². The van der Waals surface area contributed by atoms with Gasteiger partial charge < -0.3 is 10.1 Å². The molecule has 0 atom stereocenters. The van der Waals surface area contributed by atoms with Gasteiger partial charge in [0.05, 0.1) is 7.11 Å². The highest BCUT2D eigenvalue weighted by Gasteiger charge is 2.28. The second-order valence-corrected chi connectivity index (χ2v) is 5.84. The van der Waals surface area contributed by atoms with Crippen molar-refractivity contribution in [2.45, 2.75) is 26.7 Å². The quantitative estimate of drug-likeness (QED) is 0.921. The van der Waals surface area contributed by atoms with Crippen LogP contribution >= 0.6 is 0 Å². The van der Waals surface area contributed by atoms with E-state index >= 15 is 0 Å². The zero-order valence-electron chi connectivity index (χ0n) is 12.0. The van der Waals surface area contributed by atoms with E-state index in [2.05, 4.69) is 5.32 Å². The Hall–Kier alpha value is -2.10. The van der Waals surface area contributed by atoms with Crippen LogP contribution in [-0.4, -0.2) is 18.8 Å². The molecule has 2 rings (SSSR count). The maximum absolute atomic E-state index is 12.1. The normalized spacial score (nSPS) is 17.4. The van der Waals surface area contributed by atoms with Crippen molar-refractivity contribution < 1.29 is 14.3 Å². The molecule has 4 nitrogen and oxygen atoms in total. The fourth-order valence-electron chi connectivity index (χ4n) is 2.39. The Bertz CT molecular complexity index is 556. The molecule has 0 saturated carbocycles. The number of benzene rings is 1. The lowest BCUT2D eigenvalue weighted by molar-refractivity contribution is -0.117. The summed E-state index contributed by atoms with van der Waals surface area (Å²) in [5, 5.41) is 2.82. The Balaban J connectivity index is 2.09. The highest BCUT2D eigenvalue weighted by atomic mass is 16.5. The van der Waals surface area contributed by atoms with E-state index in [0.29, 0.717) is 29.9 Å². The minimum absolute atomic E-state index is 0.0614. The molecular formula is C16H19NO3. The number of carbonyl (C=O) groups excluding carboxylic acids is 2. The van der Waals surface area contributed by atoms with Crippen LogP contribution in [0, 0.1) is 5.41 Å². The Labute approximate surface area is 118 Å². The Morgan fingerprint density at radius 2 is 1.85 bits per heavy atom. The summed E-state index contributed by atoms with van der Waals surface area (Å²) < 4.78 is 5.05. The predicted octanol–water partition coefficient (Wildman–Crippen LogP) is 2.70. The molecule has 1 amide bonds. The van der Waals surface area contributed by atoms with Crippen molar-refractivity contribution in [3.05, 3.63) is 41.6 Å². The highest BCUT2D eigenvalue weighted by molar-refractivity contribution is 5.97. The van der Waals surface area contributed by atoms with Gasteiger partial charge in [-0.15, -0.1) is 0 Å². The average molecular weight is 273 g/mol. The maximum atomic E-state index is 12.1. The lowest BCUT2D eigenvalue weighted by Gasteiger charge is -2.28. The molecule has 1 aromatic carbocycles. The number of nitrogens with one attached hydrogen (secondary N) is 1. The van der Waals surface area contributed by atoms with Crippen LogP contribution in [0.1, 0.15) is 37.0 Å². The molecule has 4 heteroatoms. The highest BCUT2D eigenvalue weighted by Crippen LogP contribution is 2.32. The van der Waals surface area contributed by atoms with E-state index < -0.39 is 0 Å². The molecule has 0 bridgehead atoms. The zero-order chi connectivity index (χ0) is 14.8. The Kier molecular flexibility index (Phi) is 3.93. The van der Waals surface area contributed by atoms with E-state index in [9.17, 15) is 9.59 Å². The summed E-state index contributed by atoms with van der Waals surface area (Å²) in [7, 11) is 1.58. The van der Waals surface area contributed by atoms with Gasteiger partial charge in [0.1, 0.15) is 5.75 Å². The van der Waals surface area contributed by atoms with Gasteiger partial charge in [-0.2, -0.15) is 0 Å². The molecule has 20 heavy (non-hydrogen) atoms. The van der Waals surface area contributed by atoms with Gasteiger partial charge in [-0.05, 0) is 36.1 Å². The van der Waals surface area contributed by atoms with Crippen molar-refractivity contribution >= 4 is 11.7 Å². The number of ketones is 1. The molecule has 106 valence electrons. The summed E-state index contributed by atoms with van der Waals surface area (Å²) in [6.07, 6.45) is 2.75. The third-order valence-electron chi connectivity index (χ3n) is 3.28. The average Bonchev–Trinajstić information content (AvgIpc) is 2.36. The third kappa shape index (κ3) is 3.47. The molecule has 0 aliphatic heterocycles. The van der Waals surface area contributed by atoms with Gasteiger partial charge in [-0.1, -0.05) is 13.8 Å². The lowest BCUT2D eigenvalue weighted by atomic mass is 9.79. The molecule has 0 unspecified atom stereocenters. The van der Waals surface area contributed by atoms with Crippen molar-refractivity contribution in [1.29, 1.82) is 0 Å². The molecule has 1 aliphatic carbocycles. The van der Waals surface area contributed by atoms with Crippen LogP contribution in [0.2, 0.25) is 0 Å². The summed E-state index contributed by atoms with van der Waals surface area (Å²) in [5.41, 5.74) is 1.13. The number of hydrogen-bond donors (Lipinski definition) is 1. The van der Waals surface area contributed by atoms with E-state index in [-0.39, 0.29) is 17.1 Å². The number of carbonyl (C=O) groups is 2. The monoisotopic (exact) mass is 273 g/mol. The fraction of sp³-hybridized carbons (Fsp3) is 0.375. The zero-order valence-corrected chi connectivity index (χ0v) is 12.0. The molecule has 0 radical (unpaired) electrons. The SMILES string of the molecule is COc1ccc(C(=O)NC2=CC(=O)CC(C)(C)C2)cc1. The van der Waals surface area contributed by atoms with Gasteiger partial charge >= 0.3 is 0 Å². The second-order valence-electron chi connectivity index (χ2n) is 5.84. The largest absolute Gasteiger partial charge is 0.497 e. The van der Waals surface area contributed by atoms with Gasteiger partial charge in [-0.3, -0.25) is 9.59 Å². The predicted molar refractivity (Wildman–Crippen MR) is 76.6 cm³/mol. The first kappa shape index (κ1) is 14.3. The topological polar surface area (TPSA) is 55.4 Å². The number of amides is 1. The molecule has 0 heterocycles. The van der Waals surface area contributed by atoms with Gasteiger partial charge in [0.2, 0.25) is 0 Å². The van der Waals surface area contributed by atoms with Gasteiger partial charge in [0.25, 0.3) is 5.91 Å². The smallest absolute Gasteiger partial charge is 0.255 e. The van der Waals surface area contributed by atoms with Gasteiger partial charge in [0, 0.05) is 23.8 Å². The van der Waals surface area contributed by atoms with E-state index in [1.54, 1.807) is 31.4 Å². The van der Waals surface area contributed by atoms with Crippen molar-refractivity contribution in [2.75, 3.05) is 7.11 Å². The molecule has 0 spiro atoms. The van der Waals surface area contributed by atoms with Crippen LogP contribution in [0.4, 0.5) is 0 Å². The van der Waals surface area contributed by atoms with Gasteiger partial charge in [0.15, 0.2) is 5.78 Å². The van der Waals surface area contributed by atoms with Crippen molar-refractivity contribution in [3.63, 3.8) is 0 Å². The van der Waals surface area contributed by atoms with Crippen molar-refractivity contribution in [2.24, 2.45) is 5.41 Å². The van der Waals surface area contributed by atoms with Crippen LogP contribution in [0.3, 0.4) is 0 Å². The molecule has 0 aromatic heterocycles. The summed E-state index contributed by atoms with van der Waals surface area (Å²) in [4.78, 5) is 23.8. The number of rotatable bonds is 3. The lowest BCUT2D eigenvalue weighted by Crippen LogP contribution is -2.31. The summed E-state index contributed by atoms with van der Waals surface area (Å²) in [6.45, 7) is 4.05. The molecule has 0 saturated heterocycles. The first-order chi connectivity index (χ1) is 9.39. The van der Waals surface area contributed by atoms with Crippen molar-refractivity contribution in [1.82, 2.24) is 5.32 Å². The molecule has 1 N–H and O–H groups in total. The maximum Gasteiger partial charge on any atom is 0.255 e. The number of hydrogen-bond acceptors (Lipinski definition) is 3. The molecular weight excluding hydrogens is 254 g/mol. The second kappa shape index (κ2) is 5.49. The van der Waals surface area contributed by atoms with Crippen LogP contribution in [0.5, 0.6) is 5.75 Å². The first-order valence-corrected chi connectivity index (χ1v) is 6.58. The van der Waals surface area contributed by atoms with Gasteiger partial charge in [-0.25, -0.2) is 0 Å². The fourth-order valence-corrected chi connectivity index (χ4v) is 2.39. The Morgan fingerprint density at radius 3 is 2.40 bits per heavy atom. The van der Waals surface area contributed by atoms with Crippen LogP contribution in [0.25, 0.3) is 0 Å². The minimum atomic E-state index is -0.204. The van der Waals surface area contributed by atoms with Crippen molar-refractivity contribution in [3.8, 4) is 5.75 Å². The molecule has 0 fully saturated rings. The summed E-state index contributed by atoms with van der Waals surface area (Å²) in [6, 6.07) is 6.87.